The normalized spacial score (nSPS) is 10.3. The molecule has 0 aliphatic heterocycles. The second-order valence-electron chi connectivity index (χ2n) is 10.9. The van der Waals surface area contributed by atoms with E-state index in [2.05, 4.69) is 36.5 Å². The van der Waals surface area contributed by atoms with Crippen LogP contribution in [0.5, 0.6) is 0 Å². The van der Waals surface area contributed by atoms with Crippen molar-refractivity contribution < 1.29 is 41.5 Å². The quantitative estimate of drug-likeness (QED) is 0.0623. The van der Waals surface area contributed by atoms with E-state index < -0.39 is 3.42 Å². The first-order valence-corrected chi connectivity index (χ1v) is 18.5. The van der Waals surface area contributed by atoms with Gasteiger partial charge in [0, 0.05) is 11.1 Å². The summed E-state index contributed by atoms with van der Waals surface area (Å²) in [6, 6.07) is 29.5. The van der Waals surface area contributed by atoms with Crippen LogP contribution in [0.2, 0.25) is 0 Å². The van der Waals surface area contributed by atoms with Crippen molar-refractivity contribution in [2.75, 3.05) is 27.9 Å². The average molecular weight is 949 g/mol. The average Bonchev–Trinajstić information content (AvgIpc) is 3.16. The van der Waals surface area contributed by atoms with Crippen LogP contribution in [0.3, 0.4) is 0 Å². The van der Waals surface area contributed by atoms with Crippen LogP contribution in [-0.2, 0) is 56.2 Å². The highest BCUT2D eigenvalue weighted by Crippen LogP contribution is 2.20. The number of aliphatic hydroxyl groups excluding tert-OH is 1. The maximum absolute atomic E-state index is 11.4. The molecule has 0 bridgehead atoms. The van der Waals surface area contributed by atoms with Crippen LogP contribution in [0.1, 0.15) is 70.6 Å². The van der Waals surface area contributed by atoms with Crippen LogP contribution in [0, 0.1) is 0 Å². The van der Waals surface area contributed by atoms with Gasteiger partial charge >= 0.3 is 17.9 Å². The molecule has 1 N–H and O–H groups in total. The summed E-state index contributed by atoms with van der Waals surface area (Å²) in [5.41, 5.74) is 4.14. The number of benzene rings is 3. The molecule has 0 spiro atoms. The van der Waals surface area contributed by atoms with E-state index in [-0.39, 0.29) is 24.5 Å². The highest BCUT2D eigenvalue weighted by molar-refractivity contribution is 14.1. The van der Waals surface area contributed by atoms with Gasteiger partial charge in [0.25, 0.3) is 0 Å². The summed E-state index contributed by atoms with van der Waals surface area (Å²) in [6.07, 6.45) is 4.08. The molecule has 0 aliphatic rings. The molecule has 3 aromatic carbocycles. The van der Waals surface area contributed by atoms with E-state index in [1.165, 1.54) is 46.2 Å². The molecule has 0 fully saturated rings. The number of esters is 3. The van der Waals surface area contributed by atoms with E-state index in [0.29, 0.717) is 31.0 Å². The number of hydrogen-bond acceptors (Lipinski definition) is 9. The van der Waals surface area contributed by atoms with Crippen molar-refractivity contribution in [2.24, 2.45) is 0 Å². The minimum absolute atomic E-state index is 0.140. The third-order valence-electron chi connectivity index (χ3n) is 5.96. The van der Waals surface area contributed by atoms with E-state index in [0.717, 1.165) is 11.1 Å². The summed E-state index contributed by atoms with van der Waals surface area (Å²) in [5, 5.41) is 8.54. The van der Waals surface area contributed by atoms with Gasteiger partial charge in [0.05, 0.1) is 47.8 Å². The third-order valence-corrected chi connectivity index (χ3v) is 7.02. The van der Waals surface area contributed by atoms with Gasteiger partial charge in [0.15, 0.2) is 0 Å². The third kappa shape index (κ3) is 32.8. The molecular weight excluding hydrogens is 890 g/mol. The van der Waals surface area contributed by atoms with E-state index >= 15 is 0 Å². The lowest BCUT2D eigenvalue weighted by Gasteiger charge is -2.19. The van der Waals surface area contributed by atoms with Crippen LogP contribution in [-0.4, -0.2) is 54.4 Å². The first-order chi connectivity index (χ1) is 24.7. The molecule has 0 saturated heterocycles. The van der Waals surface area contributed by atoms with Crippen LogP contribution >= 0.6 is 45.6 Å². The van der Waals surface area contributed by atoms with Crippen LogP contribution in [0.25, 0.3) is 0 Å². The van der Waals surface area contributed by atoms with Crippen molar-refractivity contribution in [1.29, 1.82) is 0 Å². The number of methoxy groups -OCH3 is 3. The van der Waals surface area contributed by atoms with Crippen molar-refractivity contribution in [1.82, 2.24) is 0 Å². The molecule has 1 unspecified atom stereocenters. The maximum Gasteiger partial charge on any atom is 0.332 e. The molecule has 0 heterocycles. The van der Waals surface area contributed by atoms with Gasteiger partial charge in [-0.3, -0.25) is 4.79 Å². The molecule has 0 aliphatic carbocycles. The molecule has 9 nitrogen and oxygen atoms in total. The Hall–Kier alpha value is -3.11. The number of rotatable bonds is 12. The Morgan fingerprint density at radius 1 is 0.673 bits per heavy atom. The first-order valence-electron chi connectivity index (χ1n) is 16.5. The zero-order valence-corrected chi connectivity index (χ0v) is 36.3. The molecule has 0 saturated carbocycles. The van der Waals surface area contributed by atoms with Crippen molar-refractivity contribution in [3.05, 3.63) is 132 Å². The molecule has 3 rings (SSSR count). The molecule has 290 valence electrons. The highest BCUT2D eigenvalue weighted by Gasteiger charge is 2.31. The fourth-order valence-electron chi connectivity index (χ4n) is 3.13. The second kappa shape index (κ2) is 36.3. The van der Waals surface area contributed by atoms with Gasteiger partial charge < -0.3 is 27.1 Å². The number of alkyl halides is 1. The van der Waals surface area contributed by atoms with Gasteiger partial charge in [0.2, 0.25) is 0 Å². The fraction of sp³-hybridized carbons (Fsp3) is 0.390. The Balaban J connectivity index is -0.000000582. The van der Waals surface area contributed by atoms with Crippen molar-refractivity contribution >= 4 is 63.5 Å². The molecule has 0 aromatic heterocycles. The Kier molecular flexibility index (Phi) is 37.1. The Labute approximate surface area is 340 Å². The molecule has 0 radical (unpaired) electrons. The minimum Gasteiger partial charge on any atom is -0.468 e. The fourth-order valence-corrected chi connectivity index (χ4v) is 3.93. The van der Waals surface area contributed by atoms with Crippen molar-refractivity contribution in [2.45, 2.75) is 77.1 Å². The topological polar surface area (TPSA) is 118 Å². The van der Waals surface area contributed by atoms with E-state index in [1.54, 1.807) is 20.8 Å². The van der Waals surface area contributed by atoms with Crippen LogP contribution < -0.4 is 0 Å². The predicted octanol–water partition coefficient (Wildman–Crippen LogP) is 9.97. The summed E-state index contributed by atoms with van der Waals surface area (Å²) < 4.78 is 23.0. The molecule has 0 amide bonds. The summed E-state index contributed by atoms with van der Waals surface area (Å²) in [4.78, 5) is 31.7. The van der Waals surface area contributed by atoms with Crippen molar-refractivity contribution in [3.63, 3.8) is 0 Å². The molecule has 11 heteroatoms. The number of hydrogen-bond donors (Lipinski definition) is 1. The zero-order chi connectivity index (χ0) is 40.2. The van der Waals surface area contributed by atoms with Crippen molar-refractivity contribution in [3.8, 4) is 0 Å². The number of aliphatic hydroxyl groups is 1. The second-order valence-corrected chi connectivity index (χ2v) is 14.0. The molecule has 1 atom stereocenters. The lowest BCUT2D eigenvalue weighted by Crippen LogP contribution is -2.34. The van der Waals surface area contributed by atoms with Gasteiger partial charge in [-0.05, 0) is 37.5 Å². The Morgan fingerprint density at radius 3 is 1.27 bits per heavy atom. The van der Waals surface area contributed by atoms with Gasteiger partial charge in [-0.15, -0.1) is 0 Å². The lowest BCUT2D eigenvalue weighted by atomic mass is 10.2. The van der Waals surface area contributed by atoms with Gasteiger partial charge in [-0.2, -0.15) is 0 Å². The Bertz CT molecular complexity index is 1310. The number of ether oxygens (including phenoxy) is 4. The summed E-state index contributed by atoms with van der Waals surface area (Å²) in [7, 11) is 4.05. The van der Waals surface area contributed by atoms with Crippen LogP contribution in [0.4, 0.5) is 0 Å². The minimum atomic E-state index is -0.624. The number of unbranched alkanes of at least 4 members (excludes halogenated alkanes) is 2. The lowest BCUT2D eigenvalue weighted by molar-refractivity contribution is -0.144. The van der Waals surface area contributed by atoms with Gasteiger partial charge in [-0.1, -0.05) is 160 Å². The SMILES string of the molecule is C=C(C)C(=O)OC.C=C(C)C(=O)OC.CCCCC.COC(=O)C(C)(I)COCc1ccccc1.IOCc1ccccc1.OCc1ccccc1. The Morgan fingerprint density at radius 2 is 1.04 bits per heavy atom. The highest BCUT2D eigenvalue weighted by atomic mass is 127. The maximum atomic E-state index is 11.4. The van der Waals surface area contributed by atoms with E-state index in [4.69, 9.17) is 17.6 Å². The monoisotopic (exact) mass is 948 g/mol. The summed E-state index contributed by atoms with van der Waals surface area (Å²) >= 11 is 3.94. The predicted molar refractivity (Wildman–Crippen MR) is 227 cm³/mol. The largest absolute Gasteiger partial charge is 0.468 e. The number of halogens is 2. The van der Waals surface area contributed by atoms with E-state index in [1.807, 2.05) is 137 Å². The van der Waals surface area contributed by atoms with Gasteiger partial charge in [0.1, 0.15) is 26.4 Å². The molecule has 52 heavy (non-hydrogen) atoms. The van der Waals surface area contributed by atoms with Crippen LogP contribution in [0.15, 0.2) is 115 Å². The molecular formula is C41H58I2O9. The first kappa shape index (κ1) is 53.2. The summed E-state index contributed by atoms with van der Waals surface area (Å²) in [6.45, 7) is 17.8. The van der Waals surface area contributed by atoms with E-state index in [9.17, 15) is 14.4 Å². The summed E-state index contributed by atoms with van der Waals surface area (Å²) in [5.74, 6) is -0.957. The van der Waals surface area contributed by atoms with Gasteiger partial charge in [-0.25, -0.2) is 9.59 Å². The zero-order valence-electron chi connectivity index (χ0n) is 32.0. The number of carbonyl (C=O) groups is 3. The number of carbonyl (C=O) groups excluding carboxylic acids is 3. The molecule has 3 aromatic rings. The smallest absolute Gasteiger partial charge is 0.332 e. The standard InChI is InChI=1S/C12H15IO3.C7H7IO.C7H8O.2C5H8O2.C5H12/c1-12(13,11(14)15-2)9-16-8-10-6-4-3-5-7-10;8-9-6-7-4-2-1-3-5-7;8-6-7-4-2-1-3-5-7;2*1-4(2)5(6)7-3;1-3-5-4-2/h3-7H,8-9H2,1-2H3;1-5H,6H2;1-5,8H,6H2;2*1H2,2-3H3;3-5H2,1-2H3.